The number of halogens is 1. The Balaban J connectivity index is 1.77. The molecular formula is C18H24BrNO4S. The molecular weight excluding hydrogens is 406 g/mol. The van der Waals surface area contributed by atoms with E-state index < -0.39 is 11.2 Å². The van der Waals surface area contributed by atoms with E-state index in [4.69, 9.17) is 4.74 Å². The van der Waals surface area contributed by atoms with Crippen molar-refractivity contribution in [1.82, 2.24) is 4.90 Å². The fourth-order valence-electron chi connectivity index (χ4n) is 3.84. The number of carbonyl (C=O) groups is 2. The Labute approximate surface area is 160 Å². The van der Waals surface area contributed by atoms with Crippen molar-refractivity contribution in [1.29, 1.82) is 0 Å². The number of nitrogens with zero attached hydrogens (tertiary/aromatic N) is 1. The van der Waals surface area contributed by atoms with Gasteiger partial charge in [-0.25, -0.2) is 4.79 Å². The van der Waals surface area contributed by atoms with Crippen LogP contribution in [0, 0.1) is 0 Å². The number of Topliss-reactive ketones (excluding diaryl/α,β-unsaturated/α-hetero) is 1. The number of hydrogen-bond acceptors (Lipinski definition) is 5. The third kappa shape index (κ3) is 3.78. The number of fused-ring (bicyclic) bond motifs is 2. The first kappa shape index (κ1) is 18.9. The molecule has 1 aromatic rings. The number of hydrogen-bond donors (Lipinski definition) is 1. The number of ether oxygens (including phenoxy) is 1. The first-order valence-electron chi connectivity index (χ1n) is 8.56. The number of rotatable bonds is 3. The molecule has 0 aromatic carbocycles. The van der Waals surface area contributed by atoms with Crippen LogP contribution in [0.25, 0.3) is 0 Å². The summed E-state index contributed by atoms with van der Waals surface area (Å²) in [6, 6.07) is 3.60. The maximum absolute atomic E-state index is 12.5. The SMILES string of the molecule is CC(C)(C)OC(=O)N1C2CCC1CC(O)(c1ccc(C(=O)CBr)s1)C2. The molecule has 2 aliphatic heterocycles. The zero-order chi connectivity index (χ0) is 18.4. The molecule has 0 aliphatic carbocycles. The molecule has 2 unspecified atom stereocenters. The van der Waals surface area contributed by atoms with Crippen molar-refractivity contribution in [3.8, 4) is 0 Å². The summed E-state index contributed by atoms with van der Waals surface area (Å²) in [5.41, 5.74) is -1.50. The van der Waals surface area contributed by atoms with Gasteiger partial charge in [0.2, 0.25) is 0 Å². The Morgan fingerprint density at radius 3 is 2.44 bits per heavy atom. The van der Waals surface area contributed by atoms with E-state index in [1.165, 1.54) is 11.3 Å². The van der Waals surface area contributed by atoms with Gasteiger partial charge in [-0.3, -0.25) is 4.79 Å². The normalized spacial score (nSPS) is 28.9. The highest BCUT2D eigenvalue weighted by Crippen LogP contribution is 2.47. The molecule has 2 fully saturated rings. The summed E-state index contributed by atoms with van der Waals surface area (Å²) in [7, 11) is 0. The second-order valence-corrected chi connectivity index (χ2v) is 9.58. The zero-order valence-electron chi connectivity index (χ0n) is 14.8. The van der Waals surface area contributed by atoms with E-state index in [0.717, 1.165) is 17.7 Å². The maximum atomic E-state index is 12.5. The van der Waals surface area contributed by atoms with E-state index >= 15 is 0 Å². The number of ketones is 1. The number of amides is 1. The molecule has 2 atom stereocenters. The Hall–Kier alpha value is -0.920. The summed E-state index contributed by atoms with van der Waals surface area (Å²) in [6.45, 7) is 5.59. The summed E-state index contributed by atoms with van der Waals surface area (Å²) >= 11 is 4.54. The van der Waals surface area contributed by atoms with Crippen LogP contribution in [0.2, 0.25) is 0 Å². The van der Waals surface area contributed by atoms with E-state index in [-0.39, 0.29) is 29.3 Å². The van der Waals surface area contributed by atoms with Gasteiger partial charge in [0.15, 0.2) is 5.78 Å². The molecule has 3 heterocycles. The van der Waals surface area contributed by atoms with Crippen molar-refractivity contribution in [2.45, 2.75) is 69.7 Å². The summed E-state index contributed by atoms with van der Waals surface area (Å²) in [5, 5.41) is 11.5. The lowest BCUT2D eigenvalue weighted by molar-refractivity contribution is -0.0604. The topological polar surface area (TPSA) is 66.8 Å². The van der Waals surface area contributed by atoms with Gasteiger partial charge in [-0.15, -0.1) is 11.3 Å². The van der Waals surface area contributed by atoms with Crippen molar-refractivity contribution < 1.29 is 19.4 Å². The van der Waals surface area contributed by atoms with E-state index in [1.54, 1.807) is 6.07 Å². The van der Waals surface area contributed by atoms with Crippen LogP contribution >= 0.6 is 27.3 Å². The third-order valence-corrected chi connectivity index (χ3v) is 6.66. The number of aliphatic hydroxyl groups is 1. The predicted octanol–water partition coefficient (Wildman–Crippen LogP) is 4.08. The summed E-state index contributed by atoms with van der Waals surface area (Å²) in [5.74, 6) is 0.0222. The van der Waals surface area contributed by atoms with Gasteiger partial charge < -0.3 is 14.7 Å². The highest BCUT2D eigenvalue weighted by atomic mass is 79.9. The van der Waals surface area contributed by atoms with Crippen molar-refractivity contribution >= 4 is 39.1 Å². The molecule has 1 amide bonds. The van der Waals surface area contributed by atoms with Gasteiger partial charge in [0.25, 0.3) is 0 Å². The third-order valence-electron chi connectivity index (χ3n) is 4.83. The fraction of sp³-hybridized carbons (Fsp3) is 0.667. The van der Waals surface area contributed by atoms with Gasteiger partial charge in [0, 0.05) is 29.8 Å². The van der Waals surface area contributed by atoms with Crippen molar-refractivity contribution in [2.24, 2.45) is 0 Å². The standard InChI is InChI=1S/C18H24BrNO4S/c1-17(2,3)24-16(22)20-11-4-5-12(20)9-18(23,8-11)15-7-6-14(25-15)13(21)10-19/h6-7,11-12,23H,4-5,8-10H2,1-3H3. The number of thiophene rings is 1. The van der Waals surface area contributed by atoms with Crippen molar-refractivity contribution in [2.75, 3.05) is 5.33 Å². The predicted molar refractivity (Wildman–Crippen MR) is 100 cm³/mol. The molecule has 1 aromatic heterocycles. The van der Waals surface area contributed by atoms with Gasteiger partial charge in [0.05, 0.1) is 10.2 Å². The van der Waals surface area contributed by atoms with E-state index in [2.05, 4.69) is 15.9 Å². The molecule has 0 radical (unpaired) electrons. The van der Waals surface area contributed by atoms with Crippen LogP contribution < -0.4 is 0 Å². The van der Waals surface area contributed by atoms with Crippen LogP contribution in [0.5, 0.6) is 0 Å². The molecule has 1 N–H and O–H groups in total. The van der Waals surface area contributed by atoms with Crippen molar-refractivity contribution in [3.05, 3.63) is 21.9 Å². The summed E-state index contributed by atoms with van der Waals surface area (Å²) in [4.78, 5) is 27.7. The Bertz CT molecular complexity index is 667. The molecule has 0 spiro atoms. The smallest absolute Gasteiger partial charge is 0.410 e. The summed E-state index contributed by atoms with van der Waals surface area (Å²) in [6.07, 6.45) is 2.45. The molecule has 3 rings (SSSR count). The van der Waals surface area contributed by atoms with Crippen LogP contribution in [0.4, 0.5) is 4.79 Å². The average molecular weight is 430 g/mol. The molecule has 2 aliphatic rings. The zero-order valence-corrected chi connectivity index (χ0v) is 17.2. The van der Waals surface area contributed by atoms with Gasteiger partial charge in [-0.2, -0.15) is 0 Å². The molecule has 2 saturated heterocycles. The molecule has 7 heteroatoms. The molecule has 25 heavy (non-hydrogen) atoms. The fourth-order valence-corrected chi connectivity index (χ4v) is 5.38. The highest BCUT2D eigenvalue weighted by molar-refractivity contribution is 9.09. The first-order valence-corrected chi connectivity index (χ1v) is 10.5. The minimum atomic E-state index is -0.972. The van der Waals surface area contributed by atoms with Crippen LogP contribution in [0.3, 0.4) is 0 Å². The lowest BCUT2D eigenvalue weighted by Crippen LogP contribution is -2.52. The largest absolute Gasteiger partial charge is 0.444 e. The van der Waals surface area contributed by atoms with Gasteiger partial charge in [0.1, 0.15) is 11.2 Å². The maximum Gasteiger partial charge on any atom is 0.410 e. The van der Waals surface area contributed by atoms with Crippen LogP contribution in [-0.4, -0.2) is 44.9 Å². The Morgan fingerprint density at radius 2 is 1.92 bits per heavy atom. The lowest BCUT2D eigenvalue weighted by Gasteiger charge is -2.43. The molecule has 138 valence electrons. The minimum absolute atomic E-state index is 0.0176. The van der Waals surface area contributed by atoms with Gasteiger partial charge in [-0.05, 0) is 45.7 Å². The molecule has 0 saturated carbocycles. The van der Waals surface area contributed by atoms with E-state index in [0.29, 0.717) is 17.7 Å². The van der Waals surface area contributed by atoms with Crippen LogP contribution in [-0.2, 0) is 10.3 Å². The Morgan fingerprint density at radius 1 is 1.32 bits per heavy atom. The minimum Gasteiger partial charge on any atom is -0.444 e. The van der Waals surface area contributed by atoms with E-state index in [9.17, 15) is 14.7 Å². The second kappa shape index (κ2) is 6.67. The highest BCUT2D eigenvalue weighted by Gasteiger charge is 2.51. The molecule has 5 nitrogen and oxygen atoms in total. The number of piperidine rings is 1. The quantitative estimate of drug-likeness (QED) is 0.580. The molecule has 2 bridgehead atoms. The second-order valence-electron chi connectivity index (χ2n) is 7.93. The van der Waals surface area contributed by atoms with Crippen LogP contribution in [0.1, 0.15) is 61.0 Å². The number of alkyl halides is 1. The lowest BCUT2D eigenvalue weighted by atomic mass is 9.85. The Kier molecular flexibility index (Phi) is 5.03. The average Bonchev–Trinajstić information content (AvgIpc) is 3.09. The number of carbonyl (C=O) groups excluding carboxylic acids is 2. The van der Waals surface area contributed by atoms with Gasteiger partial charge in [-0.1, -0.05) is 15.9 Å². The first-order chi connectivity index (χ1) is 11.6. The van der Waals surface area contributed by atoms with Gasteiger partial charge >= 0.3 is 6.09 Å². The van der Waals surface area contributed by atoms with Crippen LogP contribution in [0.15, 0.2) is 12.1 Å². The van der Waals surface area contributed by atoms with E-state index in [1.807, 2.05) is 31.7 Å². The monoisotopic (exact) mass is 429 g/mol. The van der Waals surface area contributed by atoms with Crippen molar-refractivity contribution in [3.63, 3.8) is 0 Å². The summed E-state index contributed by atoms with van der Waals surface area (Å²) < 4.78 is 5.54.